The molecule has 0 aliphatic rings. The number of rotatable bonds is 6. The Hall–Kier alpha value is -2.46. The van der Waals surface area contributed by atoms with Gasteiger partial charge in [-0.3, -0.25) is 5.10 Å². The van der Waals surface area contributed by atoms with E-state index in [1.165, 1.54) is 5.56 Å². The third-order valence-electron chi connectivity index (χ3n) is 3.61. The van der Waals surface area contributed by atoms with E-state index < -0.39 is 0 Å². The fourth-order valence-electron chi connectivity index (χ4n) is 2.46. The molecule has 0 unspecified atom stereocenters. The van der Waals surface area contributed by atoms with Crippen molar-refractivity contribution in [3.8, 4) is 0 Å². The SMILES string of the molecule is CO[C@H](c1ccccc1)c1n[nH]c(CCc2ccccc2)n1. The third-order valence-corrected chi connectivity index (χ3v) is 3.61. The molecule has 4 nitrogen and oxygen atoms in total. The summed E-state index contributed by atoms with van der Waals surface area (Å²) < 4.78 is 5.55. The number of hydrogen-bond donors (Lipinski definition) is 1. The molecule has 0 fully saturated rings. The summed E-state index contributed by atoms with van der Waals surface area (Å²) in [6, 6.07) is 20.4. The first-order valence-corrected chi connectivity index (χ1v) is 7.39. The first-order chi connectivity index (χ1) is 10.9. The molecule has 3 aromatic rings. The van der Waals surface area contributed by atoms with Crippen LogP contribution in [-0.2, 0) is 17.6 Å². The lowest BCUT2D eigenvalue weighted by molar-refractivity contribution is 0.129. The number of benzene rings is 2. The molecule has 1 aromatic heterocycles. The summed E-state index contributed by atoms with van der Waals surface area (Å²) in [5, 5.41) is 7.33. The number of nitrogens with one attached hydrogen (secondary N) is 1. The normalized spacial score (nSPS) is 12.2. The standard InChI is InChI=1S/C18H19N3O/c1-22-17(15-10-6-3-7-11-15)18-19-16(20-21-18)13-12-14-8-4-2-5-9-14/h2-11,17H,12-13H2,1H3,(H,19,20,21)/t17-/m1/s1. The van der Waals surface area contributed by atoms with Crippen LogP contribution in [-0.4, -0.2) is 22.3 Å². The number of aryl methyl sites for hydroxylation is 2. The van der Waals surface area contributed by atoms with Crippen LogP contribution >= 0.6 is 0 Å². The molecule has 3 rings (SSSR count). The number of hydrogen-bond acceptors (Lipinski definition) is 3. The highest BCUT2D eigenvalue weighted by atomic mass is 16.5. The number of H-pyrrole nitrogens is 1. The van der Waals surface area contributed by atoms with Gasteiger partial charge in [0.2, 0.25) is 0 Å². The Morgan fingerprint density at radius 2 is 1.64 bits per heavy atom. The van der Waals surface area contributed by atoms with Gasteiger partial charge in [0.15, 0.2) is 5.82 Å². The fourth-order valence-corrected chi connectivity index (χ4v) is 2.46. The van der Waals surface area contributed by atoms with Crippen LogP contribution in [0.5, 0.6) is 0 Å². The maximum absolute atomic E-state index is 5.55. The van der Waals surface area contributed by atoms with Crippen LogP contribution in [0.2, 0.25) is 0 Å². The number of nitrogens with zero attached hydrogens (tertiary/aromatic N) is 2. The molecule has 0 radical (unpaired) electrons. The molecule has 4 heteroatoms. The molecule has 22 heavy (non-hydrogen) atoms. The fraction of sp³-hybridized carbons (Fsp3) is 0.222. The van der Waals surface area contributed by atoms with Crippen LogP contribution in [0, 0.1) is 0 Å². The molecule has 1 heterocycles. The van der Waals surface area contributed by atoms with Crippen LogP contribution in [0.25, 0.3) is 0 Å². The van der Waals surface area contributed by atoms with Crippen molar-refractivity contribution in [2.24, 2.45) is 0 Å². The summed E-state index contributed by atoms with van der Waals surface area (Å²) in [6.45, 7) is 0. The van der Waals surface area contributed by atoms with Crippen molar-refractivity contribution in [3.63, 3.8) is 0 Å². The summed E-state index contributed by atoms with van der Waals surface area (Å²) in [4.78, 5) is 4.58. The highest BCUT2D eigenvalue weighted by Gasteiger charge is 2.18. The Labute approximate surface area is 130 Å². The van der Waals surface area contributed by atoms with Gasteiger partial charge in [0.25, 0.3) is 0 Å². The number of aromatic nitrogens is 3. The molecular weight excluding hydrogens is 274 g/mol. The predicted octanol–water partition coefficient (Wildman–Crippen LogP) is 3.33. The van der Waals surface area contributed by atoms with Crippen molar-refractivity contribution < 1.29 is 4.74 Å². The van der Waals surface area contributed by atoms with Crippen LogP contribution < -0.4 is 0 Å². The number of ether oxygens (including phenoxy) is 1. The van der Waals surface area contributed by atoms with Crippen LogP contribution in [0.1, 0.15) is 28.9 Å². The Morgan fingerprint density at radius 1 is 0.955 bits per heavy atom. The van der Waals surface area contributed by atoms with Gasteiger partial charge in [-0.1, -0.05) is 60.7 Å². The van der Waals surface area contributed by atoms with E-state index in [1.54, 1.807) is 7.11 Å². The van der Waals surface area contributed by atoms with Gasteiger partial charge in [0.1, 0.15) is 11.9 Å². The van der Waals surface area contributed by atoms with E-state index in [1.807, 2.05) is 36.4 Å². The average molecular weight is 293 g/mol. The quantitative estimate of drug-likeness (QED) is 0.758. The first kappa shape index (κ1) is 14.5. The zero-order valence-electron chi connectivity index (χ0n) is 12.6. The molecule has 0 saturated heterocycles. The summed E-state index contributed by atoms with van der Waals surface area (Å²) in [5.41, 5.74) is 2.35. The van der Waals surface area contributed by atoms with Gasteiger partial charge < -0.3 is 4.74 Å². The van der Waals surface area contributed by atoms with E-state index in [0.29, 0.717) is 5.82 Å². The molecule has 112 valence electrons. The van der Waals surface area contributed by atoms with Gasteiger partial charge in [0, 0.05) is 13.5 Å². The lowest BCUT2D eigenvalue weighted by atomic mass is 10.1. The molecule has 0 saturated carbocycles. The average Bonchev–Trinajstić information content (AvgIpc) is 3.04. The maximum atomic E-state index is 5.55. The van der Waals surface area contributed by atoms with Crippen molar-refractivity contribution >= 4 is 0 Å². The minimum Gasteiger partial charge on any atom is -0.369 e. The van der Waals surface area contributed by atoms with Gasteiger partial charge in [-0.2, -0.15) is 5.10 Å². The summed E-state index contributed by atoms with van der Waals surface area (Å²) in [5.74, 6) is 1.56. The predicted molar refractivity (Wildman–Crippen MR) is 85.5 cm³/mol. The molecule has 1 atom stereocenters. The summed E-state index contributed by atoms with van der Waals surface area (Å²) in [7, 11) is 1.68. The van der Waals surface area contributed by atoms with Crippen LogP contribution in [0.3, 0.4) is 0 Å². The lowest BCUT2D eigenvalue weighted by Gasteiger charge is -2.11. The second-order valence-electron chi connectivity index (χ2n) is 5.15. The number of aromatic amines is 1. The van der Waals surface area contributed by atoms with Gasteiger partial charge in [0.05, 0.1) is 0 Å². The van der Waals surface area contributed by atoms with E-state index in [9.17, 15) is 0 Å². The molecular formula is C18H19N3O. The molecule has 1 N–H and O–H groups in total. The maximum Gasteiger partial charge on any atom is 0.183 e. The van der Waals surface area contributed by atoms with E-state index in [-0.39, 0.29) is 6.10 Å². The second-order valence-corrected chi connectivity index (χ2v) is 5.15. The van der Waals surface area contributed by atoms with Crippen molar-refractivity contribution in [3.05, 3.63) is 83.4 Å². The largest absolute Gasteiger partial charge is 0.369 e. The Balaban J connectivity index is 1.70. The van der Waals surface area contributed by atoms with Crippen LogP contribution in [0.15, 0.2) is 60.7 Å². The molecule has 0 aliphatic heterocycles. The Morgan fingerprint density at radius 3 is 2.32 bits per heavy atom. The molecule has 0 amide bonds. The second kappa shape index (κ2) is 7.00. The van der Waals surface area contributed by atoms with Gasteiger partial charge >= 0.3 is 0 Å². The Kier molecular flexibility index (Phi) is 4.61. The minimum absolute atomic E-state index is 0.233. The van der Waals surface area contributed by atoms with Gasteiger partial charge in [-0.15, -0.1) is 0 Å². The molecule has 0 bridgehead atoms. The monoisotopic (exact) mass is 293 g/mol. The summed E-state index contributed by atoms with van der Waals surface area (Å²) in [6.07, 6.45) is 1.55. The van der Waals surface area contributed by atoms with E-state index in [2.05, 4.69) is 39.4 Å². The third kappa shape index (κ3) is 3.40. The Bertz CT molecular complexity index is 695. The van der Waals surface area contributed by atoms with E-state index >= 15 is 0 Å². The zero-order chi connectivity index (χ0) is 15.2. The highest BCUT2D eigenvalue weighted by molar-refractivity contribution is 5.23. The zero-order valence-corrected chi connectivity index (χ0v) is 12.6. The van der Waals surface area contributed by atoms with Crippen LogP contribution in [0.4, 0.5) is 0 Å². The van der Waals surface area contributed by atoms with Crippen molar-refractivity contribution in [2.45, 2.75) is 18.9 Å². The topological polar surface area (TPSA) is 50.8 Å². The van der Waals surface area contributed by atoms with Gasteiger partial charge in [-0.05, 0) is 17.5 Å². The lowest BCUT2D eigenvalue weighted by Crippen LogP contribution is -2.05. The van der Waals surface area contributed by atoms with E-state index in [0.717, 1.165) is 24.2 Å². The van der Waals surface area contributed by atoms with E-state index in [4.69, 9.17) is 4.74 Å². The molecule has 0 spiro atoms. The highest BCUT2D eigenvalue weighted by Crippen LogP contribution is 2.22. The molecule has 0 aliphatic carbocycles. The van der Waals surface area contributed by atoms with Crippen molar-refractivity contribution in [1.29, 1.82) is 0 Å². The van der Waals surface area contributed by atoms with Crippen molar-refractivity contribution in [1.82, 2.24) is 15.2 Å². The first-order valence-electron chi connectivity index (χ1n) is 7.39. The minimum atomic E-state index is -0.233. The smallest absolute Gasteiger partial charge is 0.183 e. The van der Waals surface area contributed by atoms with Gasteiger partial charge in [-0.25, -0.2) is 4.98 Å². The summed E-state index contributed by atoms with van der Waals surface area (Å²) >= 11 is 0. The number of methoxy groups -OCH3 is 1. The molecule has 2 aromatic carbocycles. The van der Waals surface area contributed by atoms with Crippen molar-refractivity contribution in [2.75, 3.05) is 7.11 Å².